The van der Waals surface area contributed by atoms with E-state index in [0.29, 0.717) is 0 Å². The molecule has 1 rings (SSSR count). The Morgan fingerprint density at radius 2 is 1.88 bits per heavy atom. The first kappa shape index (κ1) is 14.1. The average molecular weight is 322 g/mol. The standard InChI is InChI=1S/C10H12BrNO4S/c1-7(10(13)16-2)12-17(14,15)9-5-3-8(11)4-6-9/h3-7,12H,1-2H3. The van der Waals surface area contributed by atoms with Crippen LogP contribution in [0.3, 0.4) is 0 Å². The quantitative estimate of drug-likeness (QED) is 0.848. The number of esters is 1. The summed E-state index contributed by atoms with van der Waals surface area (Å²) in [5.41, 5.74) is 0. The third kappa shape index (κ3) is 3.79. The molecule has 1 N–H and O–H groups in total. The van der Waals surface area contributed by atoms with E-state index < -0.39 is 22.0 Å². The van der Waals surface area contributed by atoms with Gasteiger partial charge in [-0.3, -0.25) is 4.79 Å². The molecule has 0 heterocycles. The monoisotopic (exact) mass is 321 g/mol. The molecule has 0 saturated carbocycles. The molecule has 0 spiro atoms. The number of sulfonamides is 1. The normalized spacial score (nSPS) is 13.1. The summed E-state index contributed by atoms with van der Waals surface area (Å²) in [5, 5.41) is 0. The Morgan fingerprint density at radius 3 is 2.35 bits per heavy atom. The van der Waals surface area contributed by atoms with Gasteiger partial charge < -0.3 is 4.74 Å². The number of carbonyl (C=O) groups is 1. The third-order valence-electron chi connectivity index (χ3n) is 2.01. The van der Waals surface area contributed by atoms with Crippen molar-refractivity contribution in [3.63, 3.8) is 0 Å². The molecule has 0 radical (unpaired) electrons. The van der Waals surface area contributed by atoms with Gasteiger partial charge in [0.25, 0.3) is 0 Å². The smallest absolute Gasteiger partial charge is 0.323 e. The van der Waals surface area contributed by atoms with Gasteiger partial charge in [-0.2, -0.15) is 4.72 Å². The molecule has 0 aromatic heterocycles. The molecule has 0 fully saturated rings. The maximum atomic E-state index is 11.8. The van der Waals surface area contributed by atoms with Crippen molar-refractivity contribution >= 4 is 31.9 Å². The van der Waals surface area contributed by atoms with Gasteiger partial charge in [0.05, 0.1) is 12.0 Å². The van der Waals surface area contributed by atoms with E-state index in [4.69, 9.17) is 0 Å². The topological polar surface area (TPSA) is 72.5 Å². The van der Waals surface area contributed by atoms with Crippen molar-refractivity contribution in [3.8, 4) is 0 Å². The first-order valence-corrected chi connectivity index (χ1v) is 7.00. The lowest BCUT2D eigenvalue weighted by atomic mass is 10.4. The molecular formula is C10H12BrNO4S. The van der Waals surface area contributed by atoms with Gasteiger partial charge in [0.1, 0.15) is 6.04 Å². The second-order valence-electron chi connectivity index (χ2n) is 3.32. The van der Waals surface area contributed by atoms with Crippen molar-refractivity contribution in [1.29, 1.82) is 0 Å². The lowest BCUT2D eigenvalue weighted by Crippen LogP contribution is -2.39. The van der Waals surface area contributed by atoms with Crippen LogP contribution in [0.25, 0.3) is 0 Å². The van der Waals surface area contributed by atoms with E-state index in [1.165, 1.54) is 26.2 Å². The van der Waals surface area contributed by atoms with E-state index in [-0.39, 0.29) is 4.90 Å². The first-order chi connectivity index (χ1) is 7.86. The molecule has 0 aliphatic carbocycles. The zero-order chi connectivity index (χ0) is 13.1. The summed E-state index contributed by atoms with van der Waals surface area (Å²) >= 11 is 3.21. The molecule has 0 bridgehead atoms. The second-order valence-corrected chi connectivity index (χ2v) is 5.95. The van der Waals surface area contributed by atoms with Crippen molar-refractivity contribution in [1.82, 2.24) is 4.72 Å². The number of hydrogen-bond acceptors (Lipinski definition) is 4. The van der Waals surface area contributed by atoms with Crippen molar-refractivity contribution in [2.24, 2.45) is 0 Å². The van der Waals surface area contributed by atoms with Crippen LogP contribution in [-0.2, 0) is 19.6 Å². The average Bonchev–Trinajstić information content (AvgIpc) is 2.27. The Bertz CT molecular complexity index is 498. The number of halogens is 1. The maximum absolute atomic E-state index is 11.8. The van der Waals surface area contributed by atoms with Gasteiger partial charge in [-0.05, 0) is 31.2 Å². The molecule has 0 aliphatic rings. The molecule has 0 aliphatic heterocycles. The van der Waals surface area contributed by atoms with Gasteiger partial charge in [-0.1, -0.05) is 15.9 Å². The zero-order valence-electron chi connectivity index (χ0n) is 9.31. The number of hydrogen-bond donors (Lipinski definition) is 1. The molecule has 7 heteroatoms. The summed E-state index contributed by atoms with van der Waals surface area (Å²) in [7, 11) is -2.50. The molecule has 1 atom stereocenters. The van der Waals surface area contributed by atoms with Gasteiger partial charge in [0, 0.05) is 4.47 Å². The van der Waals surface area contributed by atoms with Crippen LogP contribution in [-0.4, -0.2) is 27.5 Å². The van der Waals surface area contributed by atoms with Gasteiger partial charge in [-0.25, -0.2) is 8.42 Å². The minimum atomic E-state index is -3.70. The van der Waals surface area contributed by atoms with E-state index in [0.717, 1.165) is 4.47 Å². The minimum absolute atomic E-state index is 0.0939. The summed E-state index contributed by atoms with van der Waals surface area (Å²) in [4.78, 5) is 11.2. The summed E-state index contributed by atoms with van der Waals surface area (Å²) in [5.74, 6) is -0.634. The molecule has 94 valence electrons. The Morgan fingerprint density at radius 1 is 1.35 bits per heavy atom. The van der Waals surface area contributed by atoms with Gasteiger partial charge in [0.2, 0.25) is 10.0 Å². The highest BCUT2D eigenvalue weighted by atomic mass is 79.9. The van der Waals surface area contributed by atoms with Crippen molar-refractivity contribution in [2.45, 2.75) is 17.9 Å². The van der Waals surface area contributed by atoms with E-state index >= 15 is 0 Å². The van der Waals surface area contributed by atoms with Crippen LogP contribution >= 0.6 is 15.9 Å². The Hall–Kier alpha value is -0.920. The summed E-state index contributed by atoms with van der Waals surface area (Å²) < 4.78 is 31.1. The highest BCUT2D eigenvalue weighted by Crippen LogP contribution is 2.14. The molecule has 1 unspecified atom stereocenters. The van der Waals surface area contributed by atoms with Crippen LogP contribution in [0.1, 0.15) is 6.92 Å². The lowest BCUT2D eigenvalue weighted by molar-refractivity contribution is -0.142. The molecule has 17 heavy (non-hydrogen) atoms. The van der Waals surface area contributed by atoms with Crippen LogP contribution in [0.15, 0.2) is 33.6 Å². The Kier molecular flexibility index (Phi) is 4.67. The van der Waals surface area contributed by atoms with E-state index in [9.17, 15) is 13.2 Å². The molecular weight excluding hydrogens is 310 g/mol. The number of rotatable bonds is 4. The first-order valence-electron chi connectivity index (χ1n) is 4.72. The number of nitrogens with one attached hydrogen (secondary N) is 1. The molecule has 0 amide bonds. The summed E-state index contributed by atoms with van der Waals surface area (Å²) in [6.45, 7) is 1.42. The molecule has 0 saturated heterocycles. The predicted molar refractivity (Wildman–Crippen MR) is 65.9 cm³/mol. The SMILES string of the molecule is COC(=O)C(C)NS(=O)(=O)c1ccc(Br)cc1. The maximum Gasteiger partial charge on any atom is 0.323 e. The van der Waals surface area contributed by atoms with Crippen LogP contribution < -0.4 is 4.72 Å². The van der Waals surface area contributed by atoms with Gasteiger partial charge in [-0.15, -0.1) is 0 Å². The highest BCUT2D eigenvalue weighted by molar-refractivity contribution is 9.10. The van der Waals surface area contributed by atoms with E-state index in [1.54, 1.807) is 12.1 Å². The summed E-state index contributed by atoms with van der Waals surface area (Å²) in [6.07, 6.45) is 0. The van der Waals surface area contributed by atoms with Crippen LogP contribution in [0.4, 0.5) is 0 Å². The third-order valence-corrected chi connectivity index (χ3v) is 4.10. The van der Waals surface area contributed by atoms with Gasteiger partial charge in [0.15, 0.2) is 0 Å². The molecule has 5 nitrogen and oxygen atoms in total. The van der Waals surface area contributed by atoms with E-state index in [2.05, 4.69) is 25.4 Å². The van der Waals surface area contributed by atoms with Crippen LogP contribution in [0, 0.1) is 0 Å². The second kappa shape index (κ2) is 5.61. The van der Waals surface area contributed by atoms with Crippen LogP contribution in [0.2, 0.25) is 0 Å². The predicted octanol–water partition coefficient (Wildman–Crippen LogP) is 1.29. The zero-order valence-corrected chi connectivity index (χ0v) is 11.7. The number of benzene rings is 1. The number of methoxy groups -OCH3 is 1. The number of carbonyl (C=O) groups excluding carboxylic acids is 1. The Balaban J connectivity index is 2.89. The van der Waals surface area contributed by atoms with Gasteiger partial charge >= 0.3 is 5.97 Å². The summed E-state index contributed by atoms with van der Waals surface area (Å²) in [6, 6.07) is 5.18. The minimum Gasteiger partial charge on any atom is -0.468 e. The Labute approximate surface area is 108 Å². The molecule has 1 aromatic rings. The largest absolute Gasteiger partial charge is 0.468 e. The fourth-order valence-electron chi connectivity index (χ4n) is 1.14. The highest BCUT2D eigenvalue weighted by Gasteiger charge is 2.22. The molecule has 1 aromatic carbocycles. The lowest BCUT2D eigenvalue weighted by Gasteiger charge is -2.12. The fraction of sp³-hybridized carbons (Fsp3) is 0.300. The van der Waals surface area contributed by atoms with Crippen LogP contribution in [0.5, 0.6) is 0 Å². The number of ether oxygens (including phenoxy) is 1. The van der Waals surface area contributed by atoms with E-state index in [1.807, 2.05) is 0 Å². The van der Waals surface area contributed by atoms with Crippen molar-refractivity contribution in [2.75, 3.05) is 7.11 Å². The fourth-order valence-corrected chi connectivity index (χ4v) is 2.60. The van der Waals surface area contributed by atoms with Crippen molar-refractivity contribution < 1.29 is 17.9 Å². The van der Waals surface area contributed by atoms with Crippen molar-refractivity contribution in [3.05, 3.63) is 28.7 Å².